The molecule has 39 heavy (non-hydrogen) atoms. The van der Waals surface area contributed by atoms with Crippen LogP contribution in [0.15, 0.2) is 17.4 Å². The highest BCUT2D eigenvalue weighted by atomic mass is 19.4. The summed E-state index contributed by atoms with van der Waals surface area (Å²) in [4.78, 5) is 37.8. The highest BCUT2D eigenvalue weighted by Crippen LogP contribution is 2.29. The van der Waals surface area contributed by atoms with Crippen molar-refractivity contribution >= 4 is 23.6 Å². The maximum atomic E-state index is 14.0. The van der Waals surface area contributed by atoms with Gasteiger partial charge in [-0.1, -0.05) is 0 Å². The highest BCUT2D eigenvalue weighted by molar-refractivity contribution is 5.74. The van der Waals surface area contributed by atoms with Crippen molar-refractivity contribution in [2.24, 2.45) is 4.99 Å². The number of amides is 1. The Labute approximate surface area is 223 Å². The molecule has 1 unspecified atom stereocenters. The van der Waals surface area contributed by atoms with E-state index >= 15 is 0 Å². The van der Waals surface area contributed by atoms with Gasteiger partial charge in [-0.15, -0.1) is 0 Å². The molecule has 2 fully saturated rings. The third kappa shape index (κ3) is 5.31. The van der Waals surface area contributed by atoms with Gasteiger partial charge in [0.2, 0.25) is 17.8 Å². The Morgan fingerprint density at radius 2 is 1.82 bits per heavy atom. The van der Waals surface area contributed by atoms with Crippen LogP contribution in [-0.4, -0.2) is 112 Å². The second-order valence-electron chi connectivity index (χ2n) is 9.92. The fraction of sp³-hybridized carbons (Fsp3) is 0.625. The van der Waals surface area contributed by atoms with E-state index in [1.165, 1.54) is 6.92 Å². The number of anilines is 2. The van der Waals surface area contributed by atoms with E-state index in [2.05, 4.69) is 20.2 Å². The quantitative estimate of drug-likeness (QED) is 0.551. The number of morpholine rings is 1. The monoisotopic (exact) mass is 550 g/mol. The van der Waals surface area contributed by atoms with Gasteiger partial charge in [0, 0.05) is 77.7 Å². The predicted molar refractivity (Wildman–Crippen MR) is 136 cm³/mol. The zero-order chi connectivity index (χ0) is 27.9. The number of nitrogens with zero attached hydrogens (tertiary/aromatic N) is 9. The van der Waals surface area contributed by atoms with E-state index in [9.17, 15) is 18.0 Å². The van der Waals surface area contributed by atoms with Crippen LogP contribution in [0.5, 0.6) is 0 Å². The minimum absolute atomic E-state index is 0.0611. The highest BCUT2D eigenvalue weighted by Gasteiger charge is 2.37. The lowest BCUT2D eigenvalue weighted by Gasteiger charge is -2.40. The first-order chi connectivity index (χ1) is 18.6. The van der Waals surface area contributed by atoms with Gasteiger partial charge in [-0.05, 0) is 6.92 Å². The molecule has 2 aromatic heterocycles. The van der Waals surface area contributed by atoms with E-state index in [1.54, 1.807) is 24.3 Å². The van der Waals surface area contributed by atoms with Crippen LogP contribution in [-0.2, 0) is 16.1 Å². The number of hydrogen-bond acceptors (Lipinski definition) is 10. The predicted octanol–water partition coefficient (Wildman–Crippen LogP) is -0.00420. The maximum absolute atomic E-state index is 14.0. The van der Waals surface area contributed by atoms with Crippen molar-refractivity contribution in [3.05, 3.63) is 28.8 Å². The molecule has 212 valence electrons. The van der Waals surface area contributed by atoms with Gasteiger partial charge in [-0.2, -0.15) is 13.2 Å². The molecule has 3 aliphatic rings. The van der Waals surface area contributed by atoms with E-state index < -0.39 is 18.9 Å². The molecule has 2 aromatic rings. The minimum Gasteiger partial charge on any atom is -0.378 e. The van der Waals surface area contributed by atoms with E-state index in [1.807, 2.05) is 23.8 Å². The number of halogens is 3. The van der Waals surface area contributed by atoms with Crippen molar-refractivity contribution < 1.29 is 22.7 Å². The molecule has 0 radical (unpaired) electrons. The number of piperazine rings is 1. The van der Waals surface area contributed by atoms with E-state index in [4.69, 9.17) is 14.7 Å². The number of carbonyl (C=O) groups excluding carboxylic acids is 1. The standard InChI is InChI=1S/C24H33F3N10O2/c1-15-13-35(5-6-36(15)16(2)38)23-31-18-20(37(23)14-24(25,26)27)32-19(17-11-29-22(28-3)30-12-17)33(4)21(18)34-7-9-39-10-8-34/h11-12,15,19H,5-10,13-14H2,1-4H3,(H,28,29,30)/t15-,19?/m0/s1. The summed E-state index contributed by atoms with van der Waals surface area (Å²) in [6.07, 6.45) is -1.91. The number of nitrogens with one attached hydrogen (secondary N) is 1. The number of ether oxygens (including phenoxy) is 1. The van der Waals surface area contributed by atoms with E-state index in [0.717, 1.165) is 4.57 Å². The average molecular weight is 551 g/mol. The first-order valence-electron chi connectivity index (χ1n) is 12.9. The summed E-state index contributed by atoms with van der Waals surface area (Å²) < 4.78 is 48.6. The van der Waals surface area contributed by atoms with Gasteiger partial charge in [0.1, 0.15) is 17.7 Å². The number of hydrogen-bond donors (Lipinski definition) is 1. The SMILES string of the molecule is CNc1ncc(C2N=c3c(nc(N4CCN(C(C)=O)[C@@H](C)C4)n3CC(F)(F)F)=C(N3CCOCC3)N2C)cn1. The van der Waals surface area contributed by atoms with Gasteiger partial charge in [0.15, 0.2) is 11.7 Å². The van der Waals surface area contributed by atoms with E-state index in [-0.39, 0.29) is 23.4 Å². The molecule has 5 rings (SSSR count). The molecule has 3 aliphatic heterocycles. The van der Waals surface area contributed by atoms with Crippen LogP contribution in [0.3, 0.4) is 0 Å². The summed E-state index contributed by atoms with van der Waals surface area (Å²) in [7, 11) is 3.56. The van der Waals surface area contributed by atoms with Crippen LogP contribution in [0.4, 0.5) is 25.1 Å². The van der Waals surface area contributed by atoms with Crippen molar-refractivity contribution in [2.75, 3.05) is 70.2 Å². The Bertz CT molecular complexity index is 1320. The molecule has 1 N–H and O–H groups in total. The smallest absolute Gasteiger partial charge is 0.378 e. The molecule has 2 saturated heterocycles. The second kappa shape index (κ2) is 10.5. The molecule has 0 bridgehead atoms. The van der Waals surface area contributed by atoms with Crippen LogP contribution in [0, 0.1) is 0 Å². The maximum Gasteiger partial charge on any atom is 0.406 e. The van der Waals surface area contributed by atoms with Crippen molar-refractivity contribution in [3.8, 4) is 0 Å². The Morgan fingerprint density at radius 1 is 1.13 bits per heavy atom. The number of carbonyl (C=O) groups is 1. The molecule has 0 saturated carbocycles. The average Bonchev–Trinajstić information content (AvgIpc) is 3.24. The largest absolute Gasteiger partial charge is 0.406 e. The molecule has 1 amide bonds. The zero-order valence-electron chi connectivity index (χ0n) is 22.4. The summed E-state index contributed by atoms with van der Waals surface area (Å²) in [5.41, 5.74) is 0.796. The van der Waals surface area contributed by atoms with Crippen LogP contribution in [0.2, 0.25) is 0 Å². The Kier molecular flexibility index (Phi) is 7.27. The zero-order valence-corrected chi connectivity index (χ0v) is 22.4. The Hall–Kier alpha value is -3.62. The number of rotatable bonds is 5. The van der Waals surface area contributed by atoms with Gasteiger partial charge in [-0.25, -0.2) is 19.9 Å². The normalized spacial score (nSPS) is 22.1. The minimum atomic E-state index is -4.50. The van der Waals surface area contributed by atoms with Crippen molar-refractivity contribution in [1.82, 2.24) is 34.2 Å². The van der Waals surface area contributed by atoms with Crippen LogP contribution in [0.25, 0.3) is 5.82 Å². The van der Waals surface area contributed by atoms with Gasteiger partial charge in [-0.3, -0.25) is 9.36 Å². The Balaban J connectivity index is 1.69. The molecule has 15 heteroatoms. The molecule has 5 heterocycles. The lowest BCUT2D eigenvalue weighted by molar-refractivity contribution is -0.141. The lowest BCUT2D eigenvalue weighted by atomic mass is 10.2. The number of aromatic nitrogens is 4. The van der Waals surface area contributed by atoms with E-state index in [0.29, 0.717) is 68.6 Å². The first kappa shape index (κ1) is 27.0. The van der Waals surface area contributed by atoms with Crippen LogP contribution < -0.4 is 21.1 Å². The summed E-state index contributed by atoms with van der Waals surface area (Å²) >= 11 is 0. The molecule has 0 aliphatic carbocycles. The van der Waals surface area contributed by atoms with Gasteiger partial charge >= 0.3 is 6.18 Å². The number of imidazole rings is 1. The third-order valence-electron chi connectivity index (χ3n) is 7.23. The van der Waals surface area contributed by atoms with Gasteiger partial charge in [0.05, 0.1) is 13.2 Å². The summed E-state index contributed by atoms with van der Waals surface area (Å²) in [6.45, 7) is 5.39. The number of alkyl halides is 3. The fourth-order valence-electron chi connectivity index (χ4n) is 5.42. The topological polar surface area (TPSA) is 107 Å². The second-order valence-corrected chi connectivity index (χ2v) is 9.92. The lowest BCUT2D eigenvalue weighted by Crippen LogP contribution is -2.54. The third-order valence-corrected chi connectivity index (χ3v) is 7.23. The van der Waals surface area contributed by atoms with Crippen molar-refractivity contribution in [3.63, 3.8) is 0 Å². The molecule has 0 aromatic carbocycles. The van der Waals surface area contributed by atoms with Crippen LogP contribution in [0.1, 0.15) is 25.6 Å². The molecule has 2 atom stereocenters. The number of fused-ring (bicyclic) bond motifs is 1. The van der Waals surface area contributed by atoms with Gasteiger partial charge in [0.25, 0.3) is 0 Å². The van der Waals surface area contributed by atoms with Crippen molar-refractivity contribution in [2.45, 2.75) is 38.8 Å². The van der Waals surface area contributed by atoms with Crippen LogP contribution >= 0.6 is 0 Å². The molecule has 0 spiro atoms. The summed E-state index contributed by atoms with van der Waals surface area (Å²) in [6, 6.07) is -0.179. The van der Waals surface area contributed by atoms with Gasteiger partial charge < -0.3 is 29.7 Å². The molecular formula is C24H33F3N10O2. The fourth-order valence-corrected chi connectivity index (χ4v) is 5.42. The molecule has 12 nitrogen and oxygen atoms in total. The first-order valence-corrected chi connectivity index (χ1v) is 12.9. The van der Waals surface area contributed by atoms with Crippen molar-refractivity contribution in [1.29, 1.82) is 0 Å². The summed E-state index contributed by atoms with van der Waals surface area (Å²) in [5, 5.41) is 3.26. The molecular weight excluding hydrogens is 517 g/mol. The Morgan fingerprint density at radius 3 is 2.41 bits per heavy atom. The summed E-state index contributed by atoms with van der Waals surface area (Å²) in [5.74, 6) is 1.24.